The lowest BCUT2D eigenvalue weighted by Crippen LogP contribution is -1.93. The van der Waals surface area contributed by atoms with Crippen LogP contribution in [0, 0.1) is 0 Å². The van der Waals surface area contributed by atoms with Crippen molar-refractivity contribution in [3.8, 4) is 66.8 Å². The molecule has 0 aliphatic carbocycles. The van der Waals surface area contributed by atoms with Crippen molar-refractivity contribution in [1.82, 2.24) is 0 Å². The molecule has 0 radical (unpaired) electrons. The monoisotopic (exact) mass is 906 g/mol. The third-order valence-electron chi connectivity index (χ3n) is 16.0. The first kappa shape index (κ1) is 39.5. The van der Waals surface area contributed by atoms with E-state index in [4.69, 9.17) is 0 Å². The molecule has 72 heavy (non-hydrogen) atoms. The molecule has 330 valence electrons. The maximum atomic E-state index is 2.58. The lowest BCUT2D eigenvalue weighted by Gasteiger charge is -2.20. The number of hydrogen-bond donors (Lipinski definition) is 0. The summed E-state index contributed by atoms with van der Waals surface area (Å²) in [6.07, 6.45) is 0. The summed E-state index contributed by atoms with van der Waals surface area (Å²) in [5.74, 6) is 0. The summed E-state index contributed by atoms with van der Waals surface area (Å²) < 4.78 is 0. The van der Waals surface area contributed by atoms with Gasteiger partial charge in [0.15, 0.2) is 0 Å². The number of rotatable bonds is 6. The van der Waals surface area contributed by atoms with Crippen molar-refractivity contribution in [3.63, 3.8) is 0 Å². The Labute approximate surface area is 416 Å². The molecule has 0 spiro atoms. The molecule has 16 rings (SSSR count). The van der Waals surface area contributed by atoms with Crippen molar-refractivity contribution in [3.05, 3.63) is 255 Å². The molecule has 0 atom stereocenters. The lowest BCUT2D eigenvalue weighted by atomic mass is 9.83. The second-order valence-electron chi connectivity index (χ2n) is 19.9. The average Bonchev–Trinajstić information content (AvgIpc) is 3.95. The minimum atomic E-state index is 1.20. The molecule has 0 nitrogen and oxygen atoms in total. The summed E-state index contributed by atoms with van der Waals surface area (Å²) in [6, 6.07) is 96.1. The van der Waals surface area contributed by atoms with Gasteiger partial charge in [-0.2, -0.15) is 0 Å². The smallest absolute Gasteiger partial charge is 0.000718 e. The van der Waals surface area contributed by atoms with Gasteiger partial charge in [-0.3, -0.25) is 0 Å². The molecule has 0 unspecified atom stereocenters. The van der Waals surface area contributed by atoms with Crippen molar-refractivity contribution in [2.24, 2.45) is 0 Å². The maximum absolute atomic E-state index is 2.58. The lowest BCUT2D eigenvalue weighted by molar-refractivity contribution is 1.58. The first-order valence-electron chi connectivity index (χ1n) is 25.1. The Bertz CT molecular complexity index is 4680. The zero-order valence-electron chi connectivity index (χ0n) is 39.2. The van der Waals surface area contributed by atoms with Crippen molar-refractivity contribution < 1.29 is 0 Å². The van der Waals surface area contributed by atoms with Crippen LogP contribution in [0.25, 0.3) is 164 Å². The van der Waals surface area contributed by atoms with Crippen LogP contribution in [0.1, 0.15) is 0 Å². The van der Waals surface area contributed by atoms with E-state index < -0.39 is 0 Å². The van der Waals surface area contributed by atoms with Gasteiger partial charge in [0.05, 0.1) is 0 Å². The van der Waals surface area contributed by atoms with E-state index in [1.165, 1.54) is 164 Å². The summed E-state index contributed by atoms with van der Waals surface area (Å²) in [5.41, 5.74) is 14.6. The van der Waals surface area contributed by atoms with Gasteiger partial charge in [-0.15, -0.1) is 0 Å². The minimum absolute atomic E-state index is 1.20. The highest BCUT2D eigenvalue weighted by Crippen LogP contribution is 2.56. The van der Waals surface area contributed by atoms with Crippen molar-refractivity contribution in [2.45, 2.75) is 0 Å². The molecule has 0 saturated carbocycles. The molecule has 0 aliphatic rings. The van der Waals surface area contributed by atoms with Gasteiger partial charge in [-0.05, 0) is 218 Å². The fourth-order valence-electron chi connectivity index (χ4n) is 12.9. The second kappa shape index (κ2) is 15.1. The normalized spacial score (nSPS) is 12.2. The largest absolute Gasteiger partial charge is 0.0622 e. The Morgan fingerprint density at radius 3 is 0.986 bits per heavy atom. The molecule has 16 aromatic carbocycles. The van der Waals surface area contributed by atoms with Gasteiger partial charge in [0, 0.05) is 0 Å². The molecule has 0 amide bonds. The van der Waals surface area contributed by atoms with Crippen molar-refractivity contribution >= 4 is 97.0 Å². The predicted molar refractivity (Wildman–Crippen MR) is 310 cm³/mol. The number of fused-ring (bicyclic) bond motifs is 7. The predicted octanol–water partition coefficient (Wildman–Crippen LogP) is 20.4. The average molecular weight is 907 g/mol. The Balaban J connectivity index is 1.18. The van der Waals surface area contributed by atoms with Crippen LogP contribution in [0.3, 0.4) is 0 Å². The molecule has 0 fully saturated rings. The molecule has 0 heteroatoms. The molecular formula is C72H42. The Morgan fingerprint density at radius 2 is 0.514 bits per heavy atom. The quantitative estimate of drug-likeness (QED) is 0.146. The minimum Gasteiger partial charge on any atom is -0.0622 e. The highest BCUT2D eigenvalue weighted by molar-refractivity contribution is 6.46. The van der Waals surface area contributed by atoms with E-state index in [1.54, 1.807) is 0 Å². The highest BCUT2D eigenvalue weighted by atomic mass is 14.3. The van der Waals surface area contributed by atoms with Crippen molar-refractivity contribution in [2.75, 3.05) is 0 Å². The fourth-order valence-corrected chi connectivity index (χ4v) is 12.9. The van der Waals surface area contributed by atoms with Crippen LogP contribution >= 0.6 is 0 Å². The Kier molecular flexibility index (Phi) is 8.26. The summed E-state index contributed by atoms with van der Waals surface area (Å²) in [6.45, 7) is 0. The van der Waals surface area contributed by atoms with Gasteiger partial charge in [0.1, 0.15) is 0 Å². The summed E-state index contributed by atoms with van der Waals surface area (Å²) in [5, 5.41) is 23.4. The van der Waals surface area contributed by atoms with Gasteiger partial charge in [0.2, 0.25) is 0 Å². The van der Waals surface area contributed by atoms with Crippen LogP contribution < -0.4 is 0 Å². The van der Waals surface area contributed by atoms with Gasteiger partial charge in [0.25, 0.3) is 0 Å². The molecule has 16 aromatic rings. The SMILES string of the molecule is c1ccc(-c2cc(-c3ccccc3)cc(-c3c4cc5c(cc4c(-c4cc(-c6ccccc6)cc(-c6ccccc6)c4)c4c6cc7cccc8ccc9ccc(c34)c6c9c87)c3cccc4cccc5c43)c2)cc1. The van der Waals surface area contributed by atoms with Gasteiger partial charge in [-0.1, -0.05) is 200 Å². The molecule has 0 aliphatic heterocycles. The summed E-state index contributed by atoms with van der Waals surface area (Å²) in [4.78, 5) is 0. The van der Waals surface area contributed by atoms with Crippen LogP contribution in [-0.2, 0) is 0 Å². The van der Waals surface area contributed by atoms with Crippen molar-refractivity contribution in [1.29, 1.82) is 0 Å². The third kappa shape index (κ3) is 5.69. The van der Waals surface area contributed by atoms with Gasteiger partial charge >= 0.3 is 0 Å². The Hall–Kier alpha value is -9.36. The van der Waals surface area contributed by atoms with E-state index in [-0.39, 0.29) is 0 Å². The van der Waals surface area contributed by atoms with E-state index in [9.17, 15) is 0 Å². The molecule has 0 saturated heterocycles. The number of hydrogen-bond acceptors (Lipinski definition) is 0. The topological polar surface area (TPSA) is 0 Å². The van der Waals surface area contributed by atoms with E-state index in [0.717, 1.165) is 0 Å². The maximum Gasteiger partial charge on any atom is -0.000718 e. The highest BCUT2D eigenvalue weighted by Gasteiger charge is 2.28. The first-order valence-corrected chi connectivity index (χ1v) is 25.1. The zero-order valence-corrected chi connectivity index (χ0v) is 39.2. The summed E-state index contributed by atoms with van der Waals surface area (Å²) in [7, 11) is 0. The van der Waals surface area contributed by atoms with Crippen LogP contribution in [0.5, 0.6) is 0 Å². The fraction of sp³-hybridized carbons (Fsp3) is 0. The van der Waals surface area contributed by atoms with E-state index in [1.807, 2.05) is 0 Å². The van der Waals surface area contributed by atoms with Gasteiger partial charge < -0.3 is 0 Å². The first-order chi connectivity index (χ1) is 35.7. The standard InChI is InChI=1S/C72H42/c1-5-16-43(17-6-1)51-34-52(44-18-7-2-8-19-44)37-55(36-51)67-62-41-60-57-28-14-25-47-26-15-29-58(66(47)57)61(60)42-63(62)68(56-38-53(45-20-9-3-10-21-45)35-54(39-56)46-22-11-4-12-23-46)72-64-40-50-27-13-24-48-30-31-49-32-33-59(71(67)72)70(64)69(49)65(48)50/h1-42H. The Morgan fingerprint density at radius 1 is 0.139 bits per heavy atom. The van der Waals surface area contributed by atoms with Gasteiger partial charge in [-0.25, -0.2) is 0 Å². The van der Waals surface area contributed by atoms with E-state index >= 15 is 0 Å². The molecule has 0 bridgehead atoms. The number of benzene rings is 14. The van der Waals surface area contributed by atoms with E-state index in [2.05, 4.69) is 255 Å². The molecule has 0 N–H and O–H groups in total. The molecule has 0 heterocycles. The van der Waals surface area contributed by atoms with Crippen LogP contribution in [0.4, 0.5) is 0 Å². The summed E-state index contributed by atoms with van der Waals surface area (Å²) >= 11 is 0. The van der Waals surface area contributed by atoms with Crippen LogP contribution in [-0.4, -0.2) is 0 Å². The van der Waals surface area contributed by atoms with Crippen LogP contribution in [0.15, 0.2) is 255 Å². The van der Waals surface area contributed by atoms with E-state index in [0.29, 0.717) is 0 Å². The molecular weight excluding hydrogens is 865 g/mol. The third-order valence-corrected chi connectivity index (χ3v) is 16.0. The molecule has 0 aromatic heterocycles. The second-order valence-corrected chi connectivity index (χ2v) is 19.9. The van der Waals surface area contributed by atoms with Crippen LogP contribution in [0.2, 0.25) is 0 Å². The zero-order chi connectivity index (χ0) is 47.0.